The van der Waals surface area contributed by atoms with Gasteiger partial charge in [-0.3, -0.25) is 9.59 Å². The molecule has 1 saturated heterocycles. The van der Waals surface area contributed by atoms with Crippen molar-refractivity contribution in [3.8, 4) is 0 Å². The van der Waals surface area contributed by atoms with Crippen molar-refractivity contribution in [3.63, 3.8) is 0 Å². The summed E-state index contributed by atoms with van der Waals surface area (Å²) in [6.45, 7) is 3.62. The van der Waals surface area contributed by atoms with Crippen molar-refractivity contribution in [2.45, 2.75) is 6.92 Å². The van der Waals surface area contributed by atoms with Gasteiger partial charge in [-0.05, 0) is 18.2 Å². The molecule has 1 aliphatic rings. The minimum Gasteiger partial charge on any atom is -0.340 e. The van der Waals surface area contributed by atoms with Crippen LogP contribution in [0.4, 0.5) is 4.39 Å². The standard InChI is InChI=1S/C16H18FN3O2/c1-11(21)19-6-8-20(9-7-19)16(22)15-10-12-13(17)4-3-5-14(12)18(15)2/h3-5,10H,6-9H2,1-2H3. The molecule has 3 rings (SSSR count). The Morgan fingerprint density at radius 3 is 2.32 bits per heavy atom. The third-order valence-electron chi connectivity index (χ3n) is 4.26. The Hall–Kier alpha value is -2.37. The Labute approximate surface area is 127 Å². The molecule has 1 aromatic heterocycles. The Bertz CT molecular complexity index is 745. The maximum absolute atomic E-state index is 13.8. The molecule has 1 aliphatic heterocycles. The third kappa shape index (κ3) is 2.34. The summed E-state index contributed by atoms with van der Waals surface area (Å²) >= 11 is 0. The van der Waals surface area contributed by atoms with Crippen LogP contribution >= 0.6 is 0 Å². The van der Waals surface area contributed by atoms with Gasteiger partial charge in [0.1, 0.15) is 11.5 Å². The maximum Gasteiger partial charge on any atom is 0.270 e. The van der Waals surface area contributed by atoms with E-state index in [0.29, 0.717) is 42.8 Å². The monoisotopic (exact) mass is 303 g/mol. The van der Waals surface area contributed by atoms with Crippen LogP contribution in [0.5, 0.6) is 0 Å². The van der Waals surface area contributed by atoms with Crippen molar-refractivity contribution in [3.05, 3.63) is 35.8 Å². The van der Waals surface area contributed by atoms with E-state index in [2.05, 4.69) is 0 Å². The van der Waals surface area contributed by atoms with Crippen molar-refractivity contribution in [2.24, 2.45) is 7.05 Å². The summed E-state index contributed by atoms with van der Waals surface area (Å²) in [6, 6.07) is 6.42. The first-order chi connectivity index (χ1) is 10.5. The number of amides is 2. The van der Waals surface area contributed by atoms with Crippen LogP contribution in [0.15, 0.2) is 24.3 Å². The maximum atomic E-state index is 13.8. The van der Waals surface area contributed by atoms with E-state index in [1.807, 2.05) is 0 Å². The van der Waals surface area contributed by atoms with Gasteiger partial charge in [0.15, 0.2) is 0 Å². The molecule has 116 valence electrons. The summed E-state index contributed by atoms with van der Waals surface area (Å²) in [5, 5.41) is 0.454. The van der Waals surface area contributed by atoms with Gasteiger partial charge in [0.25, 0.3) is 5.91 Å². The lowest BCUT2D eigenvalue weighted by atomic mass is 10.2. The molecule has 1 aromatic carbocycles. The predicted octanol–water partition coefficient (Wildman–Crippen LogP) is 1.62. The number of piperazine rings is 1. The Morgan fingerprint density at radius 2 is 1.73 bits per heavy atom. The Kier molecular flexibility index (Phi) is 3.60. The second kappa shape index (κ2) is 5.44. The molecule has 0 radical (unpaired) electrons. The molecule has 2 amide bonds. The number of halogens is 1. The summed E-state index contributed by atoms with van der Waals surface area (Å²) in [5.41, 5.74) is 1.17. The smallest absolute Gasteiger partial charge is 0.270 e. The summed E-state index contributed by atoms with van der Waals surface area (Å²) < 4.78 is 15.6. The van der Waals surface area contributed by atoms with Gasteiger partial charge in [-0.15, -0.1) is 0 Å². The van der Waals surface area contributed by atoms with Gasteiger partial charge in [0.05, 0.1) is 5.52 Å². The second-order valence-corrected chi connectivity index (χ2v) is 5.56. The average molecular weight is 303 g/mol. The van der Waals surface area contributed by atoms with Crippen LogP contribution in [-0.4, -0.2) is 52.4 Å². The molecule has 0 unspecified atom stereocenters. The fraction of sp³-hybridized carbons (Fsp3) is 0.375. The van der Waals surface area contributed by atoms with Gasteiger partial charge >= 0.3 is 0 Å². The molecule has 22 heavy (non-hydrogen) atoms. The Morgan fingerprint density at radius 1 is 1.09 bits per heavy atom. The van der Waals surface area contributed by atoms with Crippen molar-refractivity contribution in [1.29, 1.82) is 0 Å². The third-order valence-corrected chi connectivity index (χ3v) is 4.26. The number of hydrogen-bond acceptors (Lipinski definition) is 2. The molecular weight excluding hydrogens is 285 g/mol. The molecule has 0 saturated carbocycles. The highest BCUT2D eigenvalue weighted by atomic mass is 19.1. The van der Waals surface area contributed by atoms with Gasteiger partial charge in [-0.25, -0.2) is 4.39 Å². The molecule has 0 atom stereocenters. The highest BCUT2D eigenvalue weighted by Crippen LogP contribution is 2.23. The number of carbonyl (C=O) groups is 2. The first-order valence-corrected chi connectivity index (χ1v) is 7.28. The lowest BCUT2D eigenvalue weighted by Gasteiger charge is -2.34. The first-order valence-electron chi connectivity index (χ1n) is 7.28. The topological polar surface area (TPSA) is 45.6 Å². The average Bonchev–Trinajstić information content (AvgIpc) is 2.85. The Balaban J connectivity index is 1.86. The van der Waals surface area contributed by atoms with Gasteiger partial charge in [-0.1, -0.05) is 6.07 Å². The van der Waals surface area contributed by atoms with E-state index in [4.69, 9.17) is 0 Å². The summed E-state index contributed by atoms with van der Waals surface area (Å²) in [7, 11) is 1.76. The van der Waals surface area contributed by atoms with Crippen LogP contribution in [-0.2, 0) is 11.8 Å². The second-order valence-electron chi connectivity index (χ2n) is 5.56. The first kappa shape index (κ1) is 14.6. The van der Waals surface area contributed by atoms with Crippen molar-refractivity contribution < 1.29 is 14.0 Å². The number of fused-ring (bicyclic) bond motifs is 1. The fourth-order valence-electron chi connectivity index (χ4n) is 2.92. The van der Waals surface area contributed by atoms with Crippen LogP contribution in [0.25, 0.3) is 10.9 Å². The molecule has 0 N–H and O–H groups in total. The molecule has 2 aromatic rings. The van der Waals surface area contributed by atoms with Gasteiger partial charge < -0.3 is 14.4 Å². The van der Waals surface area contributed by atoms with Gasteiger partial charge in [-0.2, -0.15) is 0 Å². The van der Waals surface area contributed by atoms with Crippen LogP contribution in [0.3, 0.4) is 0 Å². The van der Waals surface area contributed by atoms with Crippen molar-refractivity contribution in [1.82, 2.24) is 14.4 Å². The largest absolute Gasteiger partial charge is 0.340 e. The summed E-state index contributed by atoms with van der Waals surface area (Å²) in [4.78, 5) is 27.4. The minimum atomic E-state index is -0.325. The summed E-state index contributed by atoms with van der Waals surface area (Å²) in [5.74, 6) is -0.423. The van der Waals surface area contributed by atoms with E-state index in [1.165, 1.54) is 13.0 Å². The van der Waals surface area contributed by atoms with Crippen LogP contribution in [0.2, 0.25) is 0 Å². The van der Waals surface area contributed by atoms with Gasteiger partial charge in [0, 0.05) is 45.5 Å². The molecule has 5 nitrogen and oxygen atoms in total. The quantitative estimate of drug-likeness (QED) is 0.803. The number of benzene rings is 1. The van der Waals surface area contributed by atoms with E-state index in [-0.39, 0.29) is 17.6 Å². The number of aryl methyl sites for hydroxylation is 1. The zero-order valence-corrected chi connectivity index (χ0v) is 12.7. The van der Waals surface area contributed by atoms with Crippen molar-refractivity contribution >= 4 is 22.7 Å². The van der Waals surface area contributed by atoms with E-state index in [9.17, 15) is 14.0 Å². The number of nitrogens with zero attached hydrogens (tertiary/aromatic N) is 3. The fourth-order valence-corrected chi connectivity index (χ4v) is 2.92. The molecule has 1 fully saturated rings. The summed E-state index contributed by atoms with van der Waals surface area (Å²) in [6.07, 6.45) is 0. The van der Waals surface area contributed by atoms with Crippen LogP contribution < -0.4 is 0 Å². The zero-order valence-electron chi connectivity index (χ0n) is 12.7. The number of hydrogen-bond donors (Lipinski definition) is 0. The van der Waals surface area contributed by atoms with Gasteiger partial charge in [0.2, 0.25) is 5.91 Å². The SMILES string of the molecule is CC(=O)N1CCN(C(=O)c2cc3c(F)cccc3n2C)CC1. The van der Waals surface area contributed by atoms with E-state index in [1.54, 1.807) is 39.6 Å². The molecule has 0 bridgehead atoms. The number of rotatable bonds is 1. The molecule has 0 spiro atoms. The number of aromatic nitrogens is 1. The lowest BCUT2D eigenvalue weighted by molar-refractivity contribution is -0.130. The molecular formula is C16H18FN3O2. The van der Waals surface area contributed by atoms with Crippen LogP contribution in [0, 0.1) is 5.82 Å². The van der Waals surface area contributed by atoms with E-state index in [0.717, 1.165) is 0 Å². The van der Waals surface area contributed by atoms with Crippen molar-refractivity contribution in [2.75, 3.05) is 26.2 Å². The highest BCUT2D eigenvalue weighted by molar-refractivity contribution is 5.99. The zero-order chi connectivity index (χ0) is 15.9. The van der Waals surface area contributed by atoms with E-state index < -0.39 is 0 Å². The molecule has 2 heterocycles. The molecule has 6 heteroatoms. The minimum absolute atomic E-state index is 0.0266. The lowest BCUT2D eigenvalue weighted by Crippen LogP contribution is -2.50. The highest BCUT2D eigenvalue weighted by Gasteiger charge is 2.25. The molecule has 0 aliphatic carbocycles. The van der Waals surface area contributed by atoms with E-state index >= 15 is 0 Å². The number of carbonyl (C=O) groups excluding carboxylic acids is 2. The normalized spacial score (nSPS) is 15.4. The predicted molar refractivity (Wildman–Crippen MR) is 81.0 cm³/mol. The van der Waals surface area contributed by atoms with Crippen LogP contribution in [0.1, 0.15) is 17.4 Å².